The second kappa shape index (κ2) is 6.52. The van der Waals surface area contributed by atoms with Crippen LogP contribution in [0.3, 0.4) is 0 Å². The predicted octanol–water partition coefficient (Wildman–Crippen LogP) is 4.41. The highest BCUT2D eigenvalue weighted by Gasteiger charge is 2.13. The molecule has 5 nitrogen and oxygen atoms in total. The van der Waals surface area contributed by atoms with Gasteiger partial charge in [-0.25, -0.2) is 0 Å². The maximum atomic E-state index is 6.23. The van der Waals surface area contributed by atoms with Crippen LogP contribution in [0.4, 0.5) is 0 Å². The molecule has 0 atom stereocenters. The summed E-state index contributed by atoms with van der Waals surface area (Å²) < 4.78 is 5.69. The molecule has 0 aliphatic heterocycles. The van der Waals surface area contributed by atoms with E-state index in [0.29, 0.717) is 32.2 Å². The molecule has 0 saturated carbocycles. The molecule has 0 fully saturated rings. The summed E-state index contributed by atoms with van der Waals surface area (Å²) in [4.78, 5) is 0. The number of ether oxygens (including phenoxy) is 1. The third-order valence-electron chi connectivity index (χ3n) is 2.93. The maximum Gasteiger partial charge on any atom is 0.204 e. The summed E-state index contributed by atoms with van der Waals surface area (Å²) in [6.07, 6.45) is 0. The van der Waals surface area contributed by atoms with Gasteiger partial charge < -0.3 is 4.74 Å². The minimum absolute atomic E-state index is 0.265. The van der Waals surface area contributed by atoms with Crippen molar-refractivity contribution >= 4 is 34.8 Å². The van der Waals surface area contributed by atoms with Crippen LogP contribution >= 0.6 is 34.8 Å². The van der Waals surface area contributed by atoms with Gasteiger partial charge in [-0.1, -0.05) is 53.0 Å². The zero-order valence-corrected chi connectivity index (χ0v) is 13.3. The summed E-state index contributed by atoms with van der Waals surface area (Å²) in [7, 11) is 0. The summed E-state index contributed by atoms with van der Waals surface area (Å²) in [6, 6.07) is 10.7. The van der Waals surface area contributed by atoms with Gasteiger partial charge >= 0.3 is 0 Å². The molecule has 1 aromatic heterocycles. The van der Waals surface area contributed by atoms with E-state index in [1.165, 1.54) is 0 Å². The smallest absolute Gasteiger partial charge is 0.204 e. The van der Waals surface area contributed by atoms with Crippen molar-refractivity contribution < 1.29 is 4.74 Å². The van der Waals surface area contributed by atoms with Crippen molar-refractivity contribution in [1.82, 2.24) is 20.6 Å². The molecule has 112 valence electrons. The van der Waals surface area contributed by atoms with Gasteiger partial charge in [0.15, 0.2) is 5.75 Å². The van der Waals surface area contributed by atoms with Gasteiger partial charge in [0.25, 0.3) is 0 Å². The van der Waals surface area contributed by atoms with Crippen LogP contribution in [0.1, 0.15) is 5.56 Å². The predicted molar refractivity (Wildman–Crippen MR) is 85.4 cm³/mol. The molecule has 3 aromatic rings. The van der Waals surface area contributed by atoms with Crippen LogP contribution in [0.5, 0.6) is 5.75 Å². The van der Waals surface area contributed by atoms with E-state index in [-0.39, 0.29) is 6.61 Å². The van der Waals surface area contributed by atoms with Gasteiger partial charge in [-0.15, -0.1) is 10.2 Å². The summed E-state index contributed by atoms with van der Waals surface area (Å²) >= 11 is 18.5. The number of H-pyrrole nitrogens is 1. The number of benzene rings is 2. The molecule has 2 aromatic carbocycles. The van der Waals surface area contributed by atoms with E-state index in [0.717, 1.165) is 5.56 Å². The van der Waals surface area contributed by atoms with Crippen LogP contribution in [-0.2, 0) is 6.61 Å². The molecule has 0 amide bonds. The van der Waals surface area contributed by atoms with E-state index < -0.39 is 0 Å². The van der Waals surface area contributed by atoms with Crippen molar-refractivity contribution in [1.29, 1.82) is 0 Å². The van der Waals surface area contributed by atoms with Gasteiger partial charge in [-0.2, -0.15) is 5.21 Å². The Morgan fingerprint density at radius 3 is 2.36 bits per heavy atom. The van der Waals surface area contributed by atoms with E-state index in [4.69, 9.17) is 39.5 Å². The van der Waals surface area contributed by atoms with Crippen LogP contribution in [0, 0.1) is 0 Å². The fraction of sp³-hybridized carbons (Fsp3) is 0.0714. The first kappa shape index (κ1) is 15.1. The fourth-order valence-electron chi connectivity index (χ4n) is 1.88. The van der Waals surface area contributed by atoms with Gasteiger partial charge in [-0.3, -0.25) is 0 Å². The van der Waals surface area contributed by atoms with Crippen molar-refractivity contribution in [2.24, 2.45) is 0 Å². The van der Waals surface area contributed by atoms with Crippen LogP contribution < -0.4 is 4.74 Å². The standard InChI is InChI=1S/C14H9Cl3N4O/c15-10-4-2-1-3-8(10)7-22-13-11(16)5-9(6-12(13)17)14-18-20-21-19-14/h1-6H,7H2,(H,18,19,20,21). The first-order chi connectivity index (χ1) is 10.6. The molecule has 0 saturated heterocycles. The Balaban J connectivity index is 1.84. The molecule has 8 heteroatoms. The van der Waals surface area contributed by atoms with Crippen molar-refractivity contribution in [3.05, 3.63) is 57.0 Å². The van der Waals surface area contributed by atoms with Crippen LogP contribution in [-0.4, -0.2) is 20.6 Å². The van der Waals surface area contributed by atoms with E-state index in [1.807, 2.05) is 18.2 Å². The SMILES string of the molecule is Clc1ccccc1COc1c(Cl)cc(-c2nn[nH]n2)cc1Cl. The van der Waals surface area contributed by atoms with Gasteiger partial charge in [0.1, 0.15) is 6.61 Å². The van der Waals surface area contributed by atoms with E-state index >= 15 is 0 Å². The van der Waals surface area contributed by atoms with Crippen molar-refractivity contribution in [2.75, 3.05) is 0 Å². The van der Waals surface area contributed by atoms with E-state index in [1.54, 1.807) is 18.2 Å². The highest BCUT2D eigenvalue weighted by molar-refractivity contribution is 6.37. The molecule has 0 unspecified atom stereocenters. The number of tetrazole rings is 1. The normalized spacial score (nSPS) is 10.7. The lowest BCUT2D eigenvalue weighted by molar-refractivity contribution is 0.307. The third kappa shape index (κ3) is 3.16. The maximum absolute atomic E-state index is 6.23. The lowest BCUT2D eigenvalue weighted by Crippen LogP contribution is -1.98. The minimum Gasteiger partial charge on any atom is -0.486 e. The molecule has 0 aliphatic rings. The van der Waals surface area contributed by atoms with Crippen molar-refractivity contribution in [2.45, 2.75) is 6.61 Å². The van der Waals surface area contributed by atoms with Crippen molar-refractivity contribution in [3.8, 4) is 17.1 Å². The number of hydrogen-bond donors (Lipinski definition) is 1. The number of nitrogens with one attached hydrogen (secondary N) is 1. The largest absolute Gasteiger partial charge is 0.486 e. The Hall–Kier alpha value is -1.82. The monoisotopic (exact) mass is 354 g/mol. The Kier molecular flexibility index (Phi) is 4.47. The number of hydrogen-bond acceptors (Lipinski definition) is 4. The molecular formula is C14H9Cl3N4O. The minimum atomic E-state index is 0.265. The molecule has 0 aliphatic carbocycles. The molecule has 0 radical (unpaired) electrons. The number of rotatable bonds is 4. The molecule has 3 rings (SSSR count). The van der Waals surface area contributed by atoms with Crippen LogP contribution in [0.15, 0.2) is 36.4 Å². The average molecular weight is 356 g/mol. The molecule has 0 spiro atoms. The topological polar surface area (TPSA) is 63.7 Å². The molecule has 1 N–H and O–H groups in total. The second-order valence-corrected chi connectivity index (χ2v) is 5.61. The Labute approximate surface area is 141 Å². The average Bonchev–Trinajstić information content (AvgIpc) is 3.02. The van der Waals surface area contributed by atoms with Gasteiger partial charge in [0.2, 0.25) is 5.82 Å². The lowest BCUT2D eigenvalue weighted by atomic mass is 10.2. The van der Waals surface area contributed by atoms with Gasteiger partial charge in [0, 0.05) is 16.1 Å². The number of aromatic nitrogens is 4. The van der Waals surface area contributed by atoms with Crippen LogP contribution in [0.2, 0.25) is 15.1 Å². The number of nitrogens with zero attached hydrogens (tertiary/aromatic N) is 3. The van der Waals surface area contributed by atoms with Crippen molar-refractivity contribution in [3.63, 3.8) is 0 Å². The number of aromatic amines is 1. The lowest BCUT2D eigenvalue weighted by Gasteiger charge is -2.11. The molecule has 0 bridgehead atoms. The zero-order valence-electron chi connectivity index (χ0n) is 11.1. The van der Waals surface area contributed by atoms with Crippen LogP contribution in [0.25, 0.3) is 11.4 Å². The second-order valence-electron chi connectivity index (χ2n) is 4.38. The summed E-state index contributed by atoms with van der Waals surface area (Å²) in [5.74, 6) is 0.789. The number of halogens is 3. The summed E-state index contributed by atoms with van der Waals surface area (Å²) in [5.41, 5.74) is 1.49. The van der Waals surface area contributed by atoms with Gasteiger partial charge in [0.05, 0.1) is 10.0 Å². The Morgan fingerprint density at radius 2 is 1.73 bits per heavy atom. The zero-order chi connectivity index (χ0) is 15.5. The van der Waals surface area contributed by atoms with E-state index in [9.17, 15) is 0 Å². The highest BCUT2D eigenvalue weighted by Crippen LogP contribution is 2.37. The quantitative estimate of drug-likeness (QED) is 0.753. The van der Waals surface area contributed by atoms with E-state index in [2.05, 4.69) is 20.6 Å². The summed E-state index contributed by atoms with van der Waals surface area (Å²) in [6.45, 7) is 0.265. The van der Waals surface area contributed by atoms with Gasteiger partial charge in [-0.05, 0) is 23.4 Å². The molecule has 1 heterocycles. The first-order valence-electron chi connectivity index (χ1n) is 6.24. The molecule has 22 heavy (non-hydrogen) atoms. The highest BCUT2D eigenvalue weighted by atomic mass is 35.5. The summed E-state index contributed by atoms with van der Waals surface area (Å²) in [5, 5.41) is 15.0. The Morgan fingerprint density at radius 1 is 1.00 bits per heavy atom. The fourth-order valence-corrected chi connectivity index (χ4v) is 2.66. The third-order valence-corrected chi connectivity index (χ3v) is 3.86. The first-order valence-corrected chi connectivity index (χ1v) is 7.37. The molecular weight excluding hydrogens is 347 g/mol. The Bertz CT molecular complexity index is 770.